The molecule has 72 valence electrons. The lowest BCUT2D eigenvalue weighted by molar-refractivity contribution is -0.139. The van der Waals surface area contributed by atoms with Crippen molar-refractivity contribution in [3.8, 4) is 35.5 Å². The summed E-state index contributed by atoms with van der Waals surface area (Å²) < 4.78 is 4.40. The quantitative estimate of drug-likeness (QED) is 0.459. The Morgan fingerprint density at radius 2 is 1.86 bits per heavy atom. The lowest BCUT2D eigenvalue weighted by Crippen LogP contribution is -1.96. The zero-order valence-corrected chi connectivity index (χ0v) is 8.44. The monoisotopic (exact) mass is 188 g/mol. The first kappa shape index (κ1) is 12.2. The molecule has 0 aromatic carbocycles. The predicted molar refractivity (Wildman–Crippen MR) is 54.9 cm³/mol. The summed E-state index contributed by atoms with van der Waals surface area (Å²) in [7, 11) is 1.33. The van der Waals surface area contributed by atoms with Gasteiger partial charge in [-0.25, -0.2) is 0 Å². The molecule has 0 saturated heterocycles. The Balaban J connectivity index is 3.74. The van der Waals surface area contributed by atoms with Gasteiger partial charge >= 0.3 is 5.97 Å². The van der Waals surface area contributed by atoms with Crippen molar-refractivity contribution in [3.05, 3.63) is 0 Å². The molecular weight excluding hydrogens is 176 g/mol. The third kappa shape index (κ3) is 8.25. The van der Waals surface area contributed by atoms with Crippen LogP contribution in [0, 0.1) is 35.5 Å². The van der Waals surface area contributed by atoms with Gasteiger partial charge in [0.25, 0.3) is 0 Å². The molecule has 0 radical (unpaired) electrons. The van der Waals surface area contributed by atoms with Gasteiger partial charge in [0.1, 0.15) is 6.42 Å². The molecule has 0 bridgehead atoms. The van der Waals surface area contributed by atoms with Crippen molar-refractivity contribution in [2.24, 2.45) is 0 Å². The summed E-state index contributed by atoms with van der Waals surface area (Å²) in [6.07, 6.45) is 1.46. The third-order valence-corrected chi connectivity index (χ3v) is 1.18. The topological polar surface area (TPSA) is 26.3 Å². The molecule has 2 nitrogen and oxygen atoms in total. The first-order valence-electron chi connectivity index (χ1n) is 4.29. The fourth-order valence-corrected chi connectivity index (χ4v) is 0.553. The number of rotatable bonds is 1. The van der Waals surface area contributed by atoms with Crippen LogP contribution in [0.2, 0.25) is 0 Å². The molecule has 0 atom stereocenters. The second-order valence-electron chi connectivity index (χ2n) is 2.24. The molecule has 0 N–H and O–H groups in total. The molecule has 0 amide bonds. The van der Waals surface area contributed by atoms with E-state index in [4.69, 9.17) is 0 Å². The van der Waals surface area contributed by atoms with E-state index < -0.39 is 0 Å². The minimum atomic E-state index is -0.343. The highest BCUT2D eigenvalue weighted by Crippen LogP contribution is 1.79. The van der Waals surface area contributed by atoms with E-state index in [-0.39, 0.29) is 12.4 Å². The second-order valence-corrected chi connectivity index (χ2v) is 2.24. The molecular formula is C12H12O2. The van der Waals surface area contributed by atoms with E-state index in [0.717, 1.165) is 6.42 Å². The maximum Gasteiger partial charge on any atom is 0.317 e. The van der Waals surface area contributed by atoms with E-state index in [1.165, 1.54) is 7.11 Å². The lowest BCUT2D eigenvalue weighted by Gasteiger charge is -1.87. The Labute approximate surface area is 85.0 Å². The lowest BCUT2D eigenvalue weighted by atomic mass is 10.4. The Hall–Kier alpha value is -1.85. The van der Waals surface area contributed by atoms with Crippen LogP contribution < -0.4 is 0 Å². The summed E-state index contributed by atoms with van der Waals surface area (Å²) in [6.45, 7) is 1.98. The number of methoxy groups -OCH3 is 1. The highest BCUT2D eigenvalue weighted by Gasteiger charge is 1.91. The van der Waals surface area contributed by atoms with Crippen LogP contribution in [0.1, 0.15) is 26.2 Å². The number of ether oxygens (including phenoxy) is 1. The van der Waals surface area contributed by atoms with E-state index in [9.17, 15) is 4.79 Å². The van der Waals surface area contributed by atoms with Crippen LogP contribution in [0.25, 0.3) is 0 Å². The van der Waals surface area contributed by atoms with Gasteiger partial charge in [0.2, 0.25) is 0 Å². The number of hydrogen-bond donors (Lipinski definition) is 0. The van der Waals surface area contributed by atoms with Gasteiger partial charge in [-0.2, -0.15) is 0 Å². The normalized spacial score (nSPS) is 6.71. The van der Waals surface area contributed by atoms with Gasteiger partial charge in [-0.15, -0.1) is 5.92 Å². The van der Waals surface area contributed by atoms with Crippen LogP contribution >= 0.6 is 0 Å². The molecule has 0 aromatic rings. The summed E-state index contributed by atoms with van der Waals surface area (Å²) in [6, 6.07) is 0. The molecule has 0 aliphatic carbocycles. The smallest absolute Gasteiger partial charge is 0.317 e. The fraction of sp³-hybridized carbons (Fsp3) is 0.417. The highest BCUT2D eigenvalue weighted by atomic mass is 16.5. The van der Waals surface area contributed by atoms with Gasteiger partial charge in [-0.3, -0.25) is 4.79 Å². The zero-order valence-electron chi connectivity index (χ0n) is 8.44. The van der Waals surface area contributed by atoms with Crippen LogP contribution in [0.5, 0.6) is 0 Å². The highest BCUT2D eigenvalue weighted by molar-refractivity contribution is 5.72. The minimum Gasteiger partial charge on any atom is -0.468 e. The molecule has 0 unspecified atom stereocenters. The first-order valence-corrected chi connectivity index (χ1v) is 4.29. The molecule has 0 aliphatic heterocycles. The molecule has 0 aromatic heterocycles. The van der Waals surface area contributed by atoms with Crippen LogP contribution in [-0.4, -0.2) is 13.1 Å². The van der Waals surface area contributed by atoms with Crippen molar-refractivity contribution in [2.45, 2.75) is 26.2 Å². The van der Waals surface area contributed by atoms with Crippen LogP contribution in [0.4, 0.5) is 0 Å². The predicted octanol–water partition coefficient (Wildman–Crippen LogP) is 1.36. The number of hydrogen-bond acceptors (Lipinski definition) is 2. The van der Waals surface area contributed by atoms with Gasteiger partial charge in [0.15, 0.2) is 0 Å². The SMILES string of the molecule is CCC#CCC#CC#CCC(=O)OC. The summed E-state index contributed by atoms with van der Waals surface area (Å²) in [5, 5.41) is 0. The van der Waals surface area contributed by atoms with E-state index in [0.29, 0.717) is 6.42 Å². The fourth-order valence-electron chi connectivity index (χ4n) is 0.553. The van der Waals surface area contributed by atoms with Crippen LogP contribution in [0.3, 0.4) is 0 Å². The second kappa shape index (κ2) is 9.24. The molecule has 14 heavy (non-hydrogen) atoms. The van der Waals surface area contributed by atoms with Crippen molar-refractivity contribution >= 4 is 5.97 Å². The van der Waals surface area contributed by atoms with Gasteiger partial charge < -0.3 is 4.74 Å². The molecule has 0 spiro atoms. The van der Waals surface area contributed by atoms with Gasteiger partial charge in [0.05, 0.1) is 13.5 Å². The molecule has 0 heterocycles. The average molecular weight is 188 g/mol. The molecule has 0 saturated carbocycles. The standard InChI is InChI=1S/C12H12O2/c1-3-4-5-6-7-8-9-10-11-12(13)14-2/h3,6,11H2,1-2H3. The van der Waals surface area contributed by atoms with E-state index in [1.54, 1.807) is 0 Å². The minimum absolute atomic E-state index is 0.0891. The summed E-state index contributed by atoms with van der Waals surface area (Å²) >= 11 is 0. The zero-order chi connectivity index (χ0) is 10.6. The van der Waals surface area contributed by atoms with Crippen molar-refractivity contribution in [1.29, 1.82) is 0 Å². The summed E-state index contributed by atoms with van der Waals surface area (Å²) in [5.41, 5.74) is 0. The van der Waals surface area contributed by atoms with E-state index >= 15 is 0 Å². The third-order valence-electron chi connectivity index (χ3n) is 1.18. The molecule has 0 aliphatic rings. The summed E-state index contributed by atoms with van der Waals surface area (Å²) in [4.78, 5) is 10.6. The Morgan fingerprint density at radius 1 is 1.14 bits per heavy atom. The van der Waals surface area contributed by atoms with Crippen molar-refractivity contribution in [1.82, 2.24) is 0 Å². The molecule has 0 fully saturated rings. The van der Waals surface area contributed by atoms with Crippen molar-refractivity contribution in [2.75, 3.05) is 7.11 Å². The molecule has 2 heteroatoms. The maximum atomic E-state index is 10.6. The van der Waals surface area contributed by atoms with Gasteiger partial charge in [-0.05, 0) is 11.8 Å². The van der Waals surface area contributed by atoms with E-state index in [1.807, 2.05) is 6.92 Å². The largest absolute Gasteiger partial charge is 0.468 e. The van der Waals surface area contributed by atoms with Crippen LogP contribution in [0.15, 0.2) is 0 Å². The number of carbonyl (C=O) groups is 1. The Bertz CT molecular complexity index is 347. The number of esters is 1. The number of carbonyl (C=O) groups excluding carboxylic acids is 1. The molecule has 0 rings (SSSR count). The Kier molecular flexibility index (Phi) is 8.02. The van der Waals surface area contributed by atoms with E-state index in [2.05, 4.69) is 40.3 Å². The van der Waals surface area contributed by atoms with Crippen LogP contribution in [-0.2, 0) is 9.53 Å². The van der Waals surface area contributed by atoms with Crippen molar-refractivity contribution < 1.29 is 9.53 Å². The average Bonchev–Trinajstić information content (AvgIpc) is 2.21. The Morgan fingerprint density at radius 3 is 2.50 bits per heavy atom. The summed E-state index contributed by atoms with van der Waals surface area (Å²) in [5.74, 6) is 15.9. The maximum absolute atomic E-state index is 10.6. The van der Waals surface area contributed by atoms with Crippen molar-refractivity contribution in [3.63, 3.8) is 0 Å². The van der Waals surface area contributed by atoms with Gasteiger partial charge in [0, 0.05) is 6.42 Å². The first-order chi connectivity index (χ1) is 6.81. The van der Waals surface area contributed by atoms with Gasteiger partial charge in [-0.1, -0.05) is 24.7 Å².